The molecule has 2 aromatic rings. The minimum Gasteiger partial charge on any atom is -0.355 e. The van der Waals surface area contributed by atoms with Gasteiger partial charge in [-0.2, -0.15) is 16.1 Å². The Kier molecular flexibility index (Phi) is 8.22. The zero-order valence-corrected chi connectivity index (χ0v) is 19.4. The maximum atomic E-state index is 12.9. The molecule has 0 saturated carbocycles. The van der Waals surface area contributed by atoms with Gasteiger partial charge in [-0.05, 0) is 49.6 Å². The van der Waals surface area contributed by atoms with Crippen molar-refractivity contribution in [3.05, 3.63) is 64.7 Å². The highest BCUT2D eigenvalue weighted by molar-refractivity contribution is 7.98. The third-order valence-corrected chi connectivity index (χ3v) is 8.30. The van der Waals surface area contributed by atoms with Gasteiger partial charge in [0.05, 0.1) is 10.8 Å². The third kappa shape index (κ3) is 6.23. The predicted molar refractivity (Wildman–Crippen MR) is 123 cm³/mol. The Balaban J connectivity index is 1.45. The first-order valence-electron chi connectivity index (χ1n) is 10.0. The SMILES string of the molecule is Cc1ccc(S(=O)(=O)N2CCC[C@H](C(=O)NCCSCc3ccc(Cl)cc3)C2)cc1. The summed E-state index contributed by atoms with van der Waals surface area (Å²) in [5, 5.41) is 3.69. The van der Waals surface area contributed by atoms with E-state index in [1.54, 1.807) is 36.0 Å². The number of amides is 1. The second-order valence-corrected chi connectivity index (χ2v) is 11.0. The first kappa shape index (κ1) is 23.1. The predicted octanol–water partition coefficient (Wildman–Crippen LogP) is 4.10. The molecule has 5 nitrogen and oxygen atoms in total. The Morgan fingerprint density at radius 3 is 2.57 bits per heavy atom. The van der Waals surface area contributed by atoms with E-state index in [-0.39, 0.29) is 23.3 Å². The summed E-state index contributed by atoms with van der Waals surface area (Å²) in [6, 6.07) is 14.6. The Hall–Kier alpha value is -1.54. The summed E-state index contributed by atoms with van der Waals surface area (Å²) >= 11 is 7.63. The molecule has 1 aliphatic heterocycles. The lowest BCUT2D eigenvalue weighted by Crippen LogP contribution is -2.45. The number of thioether (sulfide) groups is 1. The fourth-order valence-corrected chi connectivity index (χ4v) is 5.86. The van der Waals surface area contributed by atoms with Crippen LogP contribution in [0.4, 0.5) is 0 Å². The van der Waals surface area contributed by atoms with E-state index >= 15 is 0 Å². The van der Waals surface area contributed by atoms with E-state index in [0.717, 1.165) is 22.1 Å². The standard InChI is InChI=1S/C22H27ClN2O3S2/c1-17-4-10-21(11-5-17)30(27,28)25-13-2-3-19(15-25)22(26)24-12-14-29-16-18-6-8-20(23)9-7-18/h4-11,19H,2-3,12-16H2,1H3,(H,24,26)/t19-/m0/s1. The van der Waals surface area contributed by atoms with Gasteiger partial charge in [0.25, 0.3) is 0 Å². The first-order chi connectivity index (χ1) is 14.4. The van der Waals surface area contributed by atoms with Gasteiger partial charge in [-0.15, -0.1) is 0 Å². The fourth-order valence-electron chi connectivity index (χ4n) is 3.40. The fraction of sp³-hybridized carbons (Fsp3) is 0.409. The molecule has 2 aromatic carbocycles. The van der Waals surface area contributed by atoms with Gasteiger partial charge < -0.3 is 5.32 Å². The zero-order chi connectivity index (χ0) is 21.6. The van der Waals surface area contributed by atoms with Crippen molar-refractivity contribution in [1.29, 1.82) is 0 Å². The van der Waals surface area contributed by atoms with Gasteiger partial charge in [-0.25, -0.2) is 8.42 Å². The molecule has 1 heterocycles. The molecule has 1 fully saturated rings. The molecular weight excluding hydrogens is 440 g/mol. The molecule has 0 unspecified atom stereocenters. The Bertz CT molecular complexity index is 947. The summed E-state index contributed by atoms with van der Waals surface area (Å²) in [6.45, 7) is 3.18. The molecule has 30 heavy (non-hydrogen) atoms. The molecule has 0 aromatic heterocycles. The summed E-state index contributed by atoms with van der Waals surface area (Å²) in [4.78, 5) is 12.9. The van der Waals surface area contributed by atoms with Crippen LogP contribution in [0.5, 0.6) is 0 Å². The zero-order valence-electron chi connectivity index (χ0n) is 17.0. The normalized spacial score (nSPS) is 17.6. The van der Waals surface area contributed by atoms with Crippen LogP contribution in [0.3, 0.4) is 0 Å². The number of aryl methyl sites for hydroxylation is 1. The minimum absolute atomic E-state index is 0.0640. The van der Waals surface area contributed by atoms with Gasteiger partial charge in [0.15, 0.2) is 0 Å². The van der Waals surface area contributed by atoms with Crippen molar-refractivity contribution >= 4 is 39.3 Å². The van der Waals surface area contributed by atoms with Crippen molar-refractivity contribution in [2.75, 3.05) is 25.4 Å². The molecule has 1 N–H and O–H groups in total. The Morgan fingerprint density at radius 2 is 1.87 bits per heavy atom. The maximum absolute atomic E-state index is 12.9. The van der Waals surface area contributed by atoms with E-state index in [2.05, 4.69) is 5.32 Å². The van der Waals surface area contributed by atoms with Crippen molar-refractivity contribution in [1.82, 2.24) is 9.62 Å². The van der Waals surface area contributed by atoms with Crippen LogP contribution in [0, 0.1) is 12.8 Å². The second kappa shape index (κ2) is 10.7. The maximum Gasteiger partial charge on any atom is 0.243 e. The molecule has 1 atom stereocenters. The van der Waals surface area contributed by atoms with Crippen molar-refractivity contribution < 1.29 is 13.2 Å². The first-order valence-corrected chi connectivity index (χ1v) is 13.0. The van der Waals surface area contributed by atoms with Crippen molar-refractivity contribution in [3.63, 3.8) is 0 Å². The Labute approximate surface area is 188 Å². The molecule has 0 spiro atoms. The van der Waals surface area contributed by atoms with Gasteiger partial charge in [-0.3, -0.25) is 4.79 Å². The highest BCUT2D eigenvalue weighted by Gasteiger charge is 2.33. The highest BCUT2D eigenvalue weighted by atomic mass is 35.5. The van der Waals surface area contributed by atoms with Gasteiger partial charge in [0.2, 0.25) is 15.9 Å². The number of carbonyl (C=O) groups is 1. The molecule has 1 amide bonds. The van der Waals surface area contributed by atoms with E-state index in [4.69, 9.17) is 11.6 Å². The van der Waals surface area contributed by atoms with E-state index in [0.29, 0.717) is 25.9 Å². The van der Waals surface area contributed by atoms with Gasteiger partial charge in [0.1, 0.15) is 0 Å². The van der Waals surface area contributed by atoms with Crippen molar-refractivity contribution in [2.45, 2.75) is 30.4 Å². The van der Waals surface area contributed by atoms with Crippen LogP contribution in [0.15, 0.2) is 53.4 Å². The molecule has 0 radical (unpaired) electrons. The van der Waals surface area contributed by atoms with E-state index in [1.807, 2.05) is 31.2 Å². The van der Waals surface area contributed by atoms with Crippen LogP contribution in [0.25, 0.3) is 0 Å². The number of sulfonamides is 1. The van der Waals surface area contributed by atoms with Crippen molar-refractivity contribution in [3.8, 4) is 0 Å². The lowest BCUT2D eigenvalue weighted by atomic mass is 9.99. The van der Waals surface area contributed by atoms with Gasteiger partial charge in [0, 0.05) is 36.2 Å². The number of hydrogen-bond donors (Lipinski definition) is 1. The van der Waals surface area contributed by atoms with Crippen LogP contribution in [-0.4, -0.2) is 44.0 Å². The molecular formula is C22H27ClN2O3S2. The number of nitrogens with zero attached hydrogens (tertiary/aromatic N) is 1. The van der Waals surface area contributed by atoms with Crippen LogP contribution in [0.1, 0.15) is 24.0 Å². The van der Waals surface area contributed by atoms with Crippen LogP contribution < -0.4 is 5.32 Å². The van der Waals surface area contributed by atoms with E-state index < -0.39 is 10.0 Å². The molecule has 162 valence electrons. The number of halogens is 1. The number of carbonyl (C=O) groups excluding carboxylic acids is 1. The summed E-state index contributed by atoms with van der Waals surface area (Å²) in [5.41, 5.74) is 2.21. The number of benzene rings is 2. The summed E-state index contributed by atoms with van der Waals surface area (Å²) in [5.74, 6) is 1.29. The van der Waals surface area contributed by atoms with Crippen LogP contribution in [-0.2, 0) is 20.6 Å². The number of nitrogens with one attached hydrogen (secondary N) is 1. The molecule has 0 bridgehead atoms. The quantitative estimate of drug-likeness (QED) is 0.595. The summed E-state index contributed by atoms with van der Waals surface area (Å²) < 4.78 is 27.3. The average Bonchev–Trinajstić information content (AvgIpc) is 2.75. The molecule has 1 aliphatic rings. The lowest BCUT2D eigenvalue weighted by Gasteiger charge is -2.31. The summed E-state index contributed by atoms with van der Waals surface area (Å²) in [7, 11) is -3.57. The molecule has 0 aliphatic carbocycles. The largest absolute Gasteiger partial charge is 0.355 e. The van der Waals surface area contributed by atoms with Crippen LogP contribution >= 0.6 is 23.4 Å². The molecule has 1 saturated heterocycles. The third-order valence-electron chi connectivity index (χ3n) is 5.14. The monoisotopic (exact) mass is 466 g/mol. The molecule has 8 heteroatoms. The second-order valence-electron chi connectivity index (χ2n) is 7.49. The Morgan fingerprint density at radius 1 is 1.17 bits per heavy atom. The smallest absolute Gasteiger partial charge is 0.243 e. The molecule has 3 rings (SSSR count). The van der Waals surface area contributed by atoms with Gasteiger partial charge in [-0.1, -0.05) is 41.4 Å². The van der Waals surface area contributed by atoms with E-state index in [9.17, 15) is 13.2 Å². The average molecular weight is 467 g/mol. The summed E-state index contributed by atoms with van der Waals surface area (Å²) in [6.07, 6.45) is 1.40. The topological polar surface area (TPSA) is 66.5 Å². The number of piperidine rings is 1. The van der Waals surface area contributed by atoms with E-state index in [1.165, 1.54) is 9.87 Å². The minimum atomic E-state index is -3.57. The highest BCUT2D eigenvalue weighted by Crippen LogP contribution is 2.24. The number of hydrogen-bond acceptors (Lipinski definition) is 4. The lowest BCUT2D eigenvalue weighted by molar-refractivity contribution is -0.125. The van der Waals surface area contributed by atoms with Crippen LogP contribution in [0.2, 0.25) is 5.02 Å². The number of rotatable bonds is 8. The van der Waals surface area contributed by atoms with Crippen molar-refractivity contribution in [2.24, 2.45) is 5.92 Å². The van der Waals surface area contributed by atoms with Gasteiger partial charge >= 0.3 is 0 Å².